The van der Waals surface area contributed by atoms with Crippen molar-refractivity contribution in [3.8, 4) is 5.75 Å². The lowest BCUT2D eigenvalue weighted by atomic mass is 10.1. The van der Waals surface area contributed by atoms with Gasteiger partial charge in [0.25, 0.3) is 5.91 Å². The van der Waals surface area contributed by atoms with Crippen molar-refractivity contribution in [3.63, 3.8) is 0 Å². The van der Waals surface area contributed by atoms with Gasteiger partial charge >= 0.3 is 0 Å². The summed E-state index contributed by atoms with van der Waals surface area (Å²) >= 11 is 0. The maximum Gasteiger partial charge on any atom is 0.275 e. The number of benzene rings is 1. The Hall–Kier alpha value is -1.59. The van der Waals surface area contributed by atoms with E-state index in [1.54, 1.807) is 0 Å². The number of hydrogen-bond donors (Lipinski definition) is 3. The summed E-state index contributed by atoms with van der Waals surface area (Å²) in [4.78, 5) is 13.2. The summed E-state index contributed by atoms with van der Waals surface area (Å²) in [5.41, 5.74) is 2.70. The van der Waals surface area contributed by atoms with Crippen LogP contribution in [0.1, 0.15) is 16.7 Å². The van der Waals surface area contributed by atoms with Crippen LogP contribution in [0.3, 0.4) is 0 Å². The Morgan fingerprint density at radius 3 is 2.50 bits per heavy atom. The Morgan fingerprint density at radius 1 is 1.30 bits per heavy atom. The van der Waals surface area contributed by atoms with Crippen molar-refractivity contribution in [2.45, 2.75) is 20.4 Å². The van der Waals surface area contributed by atoms with E-state index in [-0.39, 0.29) is 5.91 Å². The van der Waals surface area contributed by atoms with E-state index in [2.05, 4.69) is 5.32 Å². The van der Waals surface area contributed by atoms with Crippen molar-refractivity contribution in [2.75, 3.05) is 32.8 Å². The monoisotopic (exact) mass is 279 g/mol. The van der Waals surface area contributed by atoms with E-state index in [0.717, 1.165) is 43.0 Å². The van der Waals surface area contributed by atoms with Gasteiger partial charge < -0.3 is 20.1 Å². The number of phenolic OH excluding ortho intramolecular Hbond substituents is 1. The highest BCUT2D eigenvalue weighted by atomic mass is 16.5. The van der Waals surface area contributed by atoms with Gasteiger partial charge in [0.1, 0.15) is 18.8 Å². The summed E-state index contributed by atoms with van der Waals surface area (Å²) in [6.45, 7) is 7.99. The molecule has 0 unspecified atom stereocenters. The molecule has 1 heterocycles. The van der Waals surface area contributed by atoms with Crippen LogP contribution in [-0.2, 0) is 16.1 Å². The Morgan fingerprint density at radius 2 is 1.90 bits per heavy atom. The second-order valence-corrected chi connectivity index (χ2v) is 5.39. The maximum atomic E-state index is 11.9. The number of aromatic hydroxyl groups is 1. The summed E-state index contributed by atoms with van der Waals surface area (Å²) in [6.07, 6.45) is 0. The molecule has 3 N–H and O–H groups in total. The fourth-order valence-electron chi connectivity index (χ4n) is 2.47. The number of rotatable bonds is 4. The van der Waals surface area contributed by atoms with E-state index in [4.69, 9.17) is 4.74 Å². The second kappa shape index (κ2) is 6.72. The minimum atomic E-state index is 0.0604. The molecule has 5 nitrogen and oxygen atoms in total. The number of ether oxygens (including phenoxy) is 1. The molecule has 1 saturated heterocycles. The van der Waals surface area contributed by atoms with E-state index in [1.807, 2.05) is 26.0 Å². The first kappa shape index (κ1) is 14.8. The molecule has 0 bridgehead atoms. The quantitative estimate of drug-likeness (QED) is 0.699. The van der Waals surface area contributed by atoms with E-state index in [9.17, 15) is 9.90 Å². The van der Waals surface area contributed by atoms with Gasteiger partial charge in [-0.05, 0) is 30.5 Å². The van der Waals surface area contributed by atoms with Crippen molar-refractivity contribution in [3.05, 3.63) is 28.8 Å². The molecule has 20 heavy (non-hydrogen) atoms. The van der Waals surface area contributed by atoms with Crippen LogP contribution in [0.15, 0.2) is 12.1 Å². The first-order valence-corrected chi connectivity index (χ1v) is 7.03. The van der Waals surface area contributed by atoms with E-state index in [1.165, 1.54) is 4.90 Å². The molecule has 1 aliphatic heterocycles. The van der Waals surface area contributed by atoms with E-state index in [0.29, 0.717) is 18.8 Å². The van der Waals surface area contributed by atoms with Gasteiger partial charge in [-0.15, -0.1) is 0 Å². The van der Waals surface area contributed by atoms with Crippen molar-refractivity contribution in [1.29, 1.82) is 0 Å². The van der Waals surface area contributed by atoms with Gasteiger partial charge in [-0.25, -0.2) is 0 Å². The van der Waals surface area contributed by atoms with Crippen LogP contribution < -0.4 is 10.2 Å². The molecule has 1 aromatic carbocycles. The maximum absolute atomic E-state index is 11.9. The van der Waals surface area contributed by atoms with Crippen LogP contribution in [0.25, 0.3) is 0 Å². The SMILES string of the molecule is Cc1cc(CNC(=O)C[NH+]2CCOCC2)cc(C)c1O. The highest BCUT2D eigenvalue weighted by Gasteiger charge is 2.17. The predicted octanol–water partition coefficient (Wildman–Crippen LogP) is -0.460. The Balaban J connectivity index is 1.83. The average molecular weight is 279 g/mol. The molecular formula is C15H23N2O3+. The van der Waals surface area contributed by atoms with Crippen molar-refractivity contribution in [2.24, 2.45) is 0 Å². The average Bonchev–Trinajstić information content (AvgIpc) is 2.43. The Bertz CT molecular complexity index is 459. The molecule has 2 rings (SSSR count). The van der Waals surface area contributed by atoms with Gasteiger partial charge in [0.2, 0.25) is 0 Å². The van der Waals surface area contributed by atoms with Gasteiger partial charge in [0.15, 0.2) is 6.54 Å². The second-order valence-electron chi connectivity index (χ2n) is 5.39. The number of amides is 1. The summed E-state index contributed by atoms with van der Waals surface area (Å²) in [5, 5.41) is 12.7. The molecule has 0 aromatic heterocycles. The third kappa shape index (κ3) is 3.95. The van der Waals surface area contributed by atoms with Crippen molar-refractivity contribution < 1.29 is 19.5 Å². The van der Waals surface area contributed by atoms with E-state index < -0.39 is 0 Å². The summed E-state index contributed by atoms with van der Waals surface area (Å²) in [5.74, 6) is 0.392. The number of aryl methyl sites for hydroxylation is 2. The van der Waals surface area contributed by atoms with Crippen LogP contribution in [0.2, 0.25) is 0 Å². The third-order valence-electron chi connectivity index (χ3n) is 3.65. The number of carbonyl (C=O) groups excluding carboxylic acids is 1. The molecule has 1 aliphatic rings. The normalized spacial score (nSPS) is 16.1. The minimum Gasteiger partial charge on any atom is -0.507 e. The van der Waals surface area contributed by atoms with Gasteiger partial charge in [-0.3, -0.25) is 4.79 Å². The summed E-state index contributed by atoms with van der Waals surface area (Å²) in [6, 6.07) is 3.81. The third-order valence-corrected chi connectivity index (χ3v) is 3.65. The van der Waals surface area contributed by atoms with Gasteiger partial charge in [-0.2, -0.15) is 0 Å². The first-order valence-electron chi connectivity index (χ1n) is 7.03. The zero-order valence-electron chi connectivity index (χ0n) is 12.2. The van der Waals surface area contributed by atoms with Gasteiger partial charge in [0.05, 0.1) is 13.2 Å². The highest BCUT2D eigenvalue weighted by molar-refractivity contribution is 5.76. The van der Waals surface area contributed by atoms with Crippen LogP contribution in [0.4, 0.5) is 0 Å². The zero-order valence-corrected chi connectivity index (χ0v) is 12.2. The largest absolute Gasteiger partial charge is 0.507 e. The fraction of sp³-hybridized carbons (Fsp3) is 0.533. The smallest absolute Gasteiger partial charge is 0.275 e. The topological polar surface area (TPSA) is 63.0 Å². The summed E-state index contributed by atoms with van der Waals surface area (Å²) < 4.78 is 5.27. The zero-order chi connectivity index (χ0) is 14.5. The lowest BCUT2D eigenvalue weighted by molar-refractivity contribution is -0.900. The molecule has 0 spiro atoms. The van der Waals surface area contributed by atoms with Crippen LogP contribution in [0.5, 0.6) is 5.75 Å². The summed E-state index contributed by atoms with van der Waals surface area (Å²) in [7, 11) is 0. The number of carbonyl (C=O) groups is 1. The lowest BCUT2D eigenvalue weighted by Gasteiger charge is -2.23. The molecule has 5 heteroatoms. The Kier molecular flexibility index (Phi) is 4.98. The molecule has 1 amide bonds. The number of phenols is 1. The predicted molar refractivity (Wildman–Crippen MR) is 75.8 cm³/mol. The molecule has 0 aliphatic carbocycles. The number of quaternary nitrogens is 1. The van der Waals surface area contributed by atoms with E-state index >= 15 is 0 Å². The standard InChI is InChI=1S/C15H22N2O3/c1-11-7-13(8-12(2)15(11)19)9-16-14(18)10-17-3-5-20-6-4-17/h7-8,19H,3-6,9-10H2,1-2H3,(H,16,18)/p+1. The minimum absolute atomic E-state index is 0.0604. The van der Waals surface area contributed by atoms with Gasteiger partial charge in [-0.1, -0.05) is 12.1 Å². The van der Waals surface area contributed by atoms with Crippen LogP contribution >= 0.6 is 0 Å². The lowest BCUT2D eigenvalue weighted by Crippen LogP contribution is -3.15. The van der Waals surface area contributed by atoms with Crippen molar-refractivity contribution in [1.82, 2.24) is 5.32 Å². The van der Waals surface area contributed by atoms with Crippen LogP contribution in [0, 0.1) is 13.8 Å². The molecule has 0 atom stereocenters. The molecular weight excluding hydrogens is 256 g/mol. The van der Waals surface area contributed by atoms with Gasteiger partial charge in [0, 0.05) is 6.54 Å². The molecule has 1 fully saturated rings. The number of nitrogens with one attached hydrogen (secondary N) is 2. The molecule has 0 radical (unpaired) electrons. The number of hydrogen-bond acceptors (Lipinski definition) is 3. The Labute approximate surface area is 119 Å². The number of morpholine rings is 1. The molecule has 0 saturated carbocycles. The molecule has 1 aromatic rings. The fourth-order valence-corrected chi connectivity index (χ4v) is 2.47. The van der Waals surface area contributed by atoms with Crippen molar-refractivity contribution >= 4 is 5.91 Å². The first-order chi connectivity index (χ1) is 9.56. The van der Waals surface area contributed by atoms with Crippen LogP contribution in [-0.4, -0.2) is 43.9 Å². The highest BCUT2D eigenvalue weighted by Crippen LogP contribution is 2.22. The molecule has 110 valence electrons.